The minimum atomic E-state index is 0.388. The molecule has 0 spiro atoms. The molecule has 0 atom stereocenters. The molecule has 7 heteroatoms. The number of benzene rings is 2. The van der Waals surface area contributed by atoms with Gasteiger partial charge in [0.05, 0.1) is 0 Å². The predicted molar refractivity (Wildman–Crippen MR) is 115 cm³/mol. The molecule has 2 aromatic carbocycles. The molecular formula is C21H22BrN5O. The highest BCUT2D eigenvalue weighted by molar-refractivity contribution is 9.10. The first kappa shape index (κ1) is 18.7. The van der Waals surface area contributed by atoms with Crippen molar-refractivity contribution in [3.05, 3.63) is 71.0 Å². The minimum Gasteiger partial charge on any atom is -0.437 e. The van der Waals surface area contributed by atoms with Gasteiger partial charge in [-0.3, -0.25) is 4.90 Å². The molecule has 0 aliphatic carbocycles. The van der Waals surface area contributed by atoms with Crippen LogP contribution >= 0.6 is 15.9 Å². The maximum atomic E-state index is 6.34. The number of hydrogen-bond donors (Lipinski definition) is 1. The van der Waals surface area contributed by atoms with Crippen LogP contribution in [0.25, 0.3) is 0 Å². The Hall–Kier alpha value is -2.64. The van der Waals surface area contributed by atoms with E-state index in [4.69, 9.17) is 10.5 Å². The van der Waals surface area contributed by atoms with Gasteiger partial charge in [0.15, 0.2) is 5.82 Å². The average Bonchev–Trinajstić information content (AvgIpc) is 2.73. The van der Waals surface area contributed by atoms with Crippen LogP contribution < -0.4 is 15.4 Å². The molecule has 0 radical (unpaired) electrons. The summed E-state index contributed by atoms with van der Waals surface area (Å²) in [6.07, 6.45) is 1.51. The topological polar surface area (TPSA) is 67.5 Å². The number of ether oxygens (including phenoxy) is 1. The highest BCUT2D eigenvalue weighted by atomic mass is 79.9. The van der Waals surface area contributed by atoms with Gasteiger partial charge < -0.3 is 15.4 Å². The molecule has 0 saturated carbocycles. The Morgan fingerprint density at radius 3 is 2.36 bits per heavy atom. The zero-order valence-electron chi connectivity index (χ0n) is 15.5. The monoisotopic (exact) mass is 439 g/mol. The molecule has 1 aromatic heterocycles. The summed E-state index contributed by atoms with van der Waals surface area (Å²) in [5, 5.41) is 0. The Bertz CT molecular complexity index is 912. The molecule has 6 nitrogen and oxygen atoms in total. The van der Waals surface area contributed by atoms with Gasteiger partial charge in [0, 0.05) is 37.2 Å². The smallest absolute Gasteiger partial charge is 0.248 e. The van der Waals surface area contributed by atoms with Crippen molar-refractivity contribution in [3.63, 3.8) is 0 Å². The lowest BCUT2D eigenvalue weighted by Crippen LogP contribution is -2.46. The van der Waals surface area contributed by atoms with Crippen LogP contribution in [0.15, 0.2) is 65.4 Å². The van der Waals surface area contributed by atoms with Crippen LogP contribution in [0.4, 0.5) is 11.5 Å². The summed E-state index contributed by atoms with van der Waals surface area (Å²) in [7, 11) is 0. The Morgan fingerprint density at radius 2 is 1.64 bits per heavy atom. The number of nitrogens with two attached hydrogens (primary N) is 1. The van der Waals surface area contributed by atoms with Crippen molar-refractivity contribution in [3.8, 4) is 11.6 Å². The quantitative estimate of drug-likeness (QED) is 0.649. The number of piperazine rings is 1. The summed E-state index contributed by atoms with van der Waals surface area (Å²) < 4.78 is 6.85. The molecule has 3 aromatic rings. The van der Waals surface area contributed by atoms with E-state index in [1.165, 1.54) is 11.9 Å². The zero-order valence-corrected chi connectivity index (χ0v) is 17.0. The first-order chi connectivity index (χ1) is 13.7. The molecule has 1 saturated heterocycles. The first-order valence-electron chi connectivity index (χ1n) is 9.24. The van der Waals surface area contributed by atoms with Crippen molar-refractivity contribution >= 4 is 27.4 Å². The molecule has 0 amide bonds. The Balaban J connectivity index is 1.41. The van der Waals surface area contributed by atoms with E-state index in [1.54, 1.807) is 0 Å². The fourth-order valence-electron chi connectivity index (χ4n) is 3.28. The molecule has 144 valence electrons. The fourth-order valence-corrected chi connectivity index (χ4v) is 3.54. The highest BCUT2D eigenvalue weighted by Gasteiger charge is 2.22. The third kappa shape index (κ3) is 4.43. The van der Waals surface area contributed by atoms with E-state index < -0.39 is 0 Å². The van der Waals surface area contributed by atoms with Gasteiger partial charge in [-0.15, -0.1) is 0 Å². The maximum absolute atomic E-state index is 6.34. The van der Waals surface area contributed by atoms with Crippen LogP contribution in [-0.4, -0.2) is 41.0 Å². The fraction of sp³-hybridized carbons (Fsp3) is 0.238. The largest absolute Gasteiger partial charge is 0.437 e. The van der Waals surface area contributed by atoms with Crippen molar-refractivity contribution in [2.24, 2.45) is 0 Å². The van der Waals surface area contributed by atoms with Gasteiger partial charge >= 0.3 is 0 Å². The lowest BCUT2D eigenvalue weighted by Gasteiger charge is -2.35. The van der Waals surface area contributed by atoms with Crippen LogP contribution in [-0.2, 0) is 6.54 Å². The lowest BCUT2D eigenvalue weighted by atomic mass is 10.2. The van der Waals surface area contributed by atoms with E-state index in [9.17, 15) is 0 Å². The van der Waals surface area contributed by atoms with E-state index in [0.717, 1.165) is 43.0 Å². The van der Waals surface area contributed by atoms with Gasteiger partial charge in [0.2, 0.25) is 5.88 Å². The van der Waals surface area contributed by atoms with Crippen LogP contribution in [0.2, 0.25) is 0 Å². The number of rotatable bonds is 5. The summed E-state index contributed by atoms with van der Waals surface area (Å²) in [5.74, 6) is 1.81. The summed E-state index contributed by atoms with van der Waals surface area (Å²) in [4.78, 5) is 13.3. The van der Waals surface area contributed by atoms with E-state index in [2.05, 4.69) is 60.0 Å². The van der Waals surface area contributed by atoms with Crippen LogP contribution in [0, 0.1) is 0 Å². The van der Waals surface area contributed by atoms with E-state index in [1.807, 2.05) is 30.3 Å². The van der Waals surface area contributed by atoms with Crippen LogP contribution in [0.3, 0.4) is 0 Å². The van der Waals surface area contributed by atoms with Crippen LogP contribution in [0.5, 0.6) is 11.6 Å². The van der Waals surface area contributed by atoms with E-state index >= 15 is 0 Å². The summed E-state index contributed by atoms with van der Waals surface area (Å²) in [6.45, 7) is 4.62. The van der Waals surface area contributed by atoms with Gasteiger partial charge in [-0.25, -0.2) is 4.98 Å². The van der Waals surface area contributed by atoms with Gasteiger partial charge in [0.25, 0.3) is 0 Å². The van der Waals surface area contributed by atoms with Gasteiger partial charge in [0.1, 0.15) is 17.8 Å². The second kappa shape index (κ2) is 8.58. The van der Waals surface area contributed by atoms with Crippen molar-refractivity contribution in [1.82, 2.24) is 14.9 Å². The number of nitrogen functional groups attached to an aromatic ring is 1. The van der Waals surface area contributed by atoms with Crippen molar-refractivity contribution < 1.29 is 4.74 Å². The standard InChI is InChI=1S/C21H22BrN5O/c22-17-6-8-18(9-7-17)28-21-19(23)20(24-15-25-21)27-12-10-26(11-13-27)14-16-4-2-1-3-5-16/h1-9,15H,10-14,23H2. The molecule has 0 unspecified atom stereocenters. The molecule has 1 aliphatic heterocycles. The third-order valence-corrected chi connectivity index (χ3v) is 5.30. The SMILES string of the molecule is Nc1c(Oc2ccc(Br)cc2)ncnc1N1CCN(Cc2ccccc2)CC1. The Morgan fingerprint density at radius 1 is 0.929 bits per heavy atom. The summed E-state index contributed by atoms with van der Waals surface area (Å²) in [5.41, 5.74) is 8.15. The Labute approximate surface area is 173 Å². The van der Waals surface area contributed by atoms with Gasteiger partial charge in [-0.05, 0) is 29.8 Å². The molecule has 1 fully saturated rings. The lowest BCUT2D eigenvalue weighted by molar-refractivity contribution is 0.249. The molecule has 1 aliphatic rings. The van der Waals surface area contributed by atoms with Gasteiger partial charge in [-0.2, -0.15) is 4.98 Å². The number of aromatic nitrogens is 2. The van der Waals surface area contributed by atoms with Crippen molar-refractivity contribution in [2.75, 3.05) is 36.8 Å². The second-order valence-electron chi connectivity index (χ2n) is 6.72. The average molecular weight is 440 g/mol. The van der Waals surface area contributed by atoms with Crippen molar-refractivity contribution in [1.29, 1.82) is 0 Å². The molecule has 2 N–H and O–H groups in total. The van der Waals surface area contributed by atoms with Gasteiger partial charge in [-0.1, -0.05) is 46.3 Å². The number of halogens is 1. The zero-order chi connectivity index (χ0) is 19.3. The number of hydrogen-bond acceptors (Lipinski definition) is 6. The normalized spacial score (nSPS) is 14.8. The summed E-state index contributed by atoms with van der Waals surface area (Å²) >= 11 is 3.42. The molecule has 0 bridgehead atoms. The van der Waals surface area contributed by atoms with E-state index in [-0.39, 0.29) is 0 Å². The predicted octanol–water partition coefficient (Wildman–Crippen LogP) is 3.94. The molecular weight excluding hydrogens is 418 g/mol. The third-order valence-electron chi connectivity index (χ3n) is 4.78. The number of nitrogens with zero attached hydrogens (tertiary/aromatic N) is 4. The molecule has 28 heavy (non-hydrogen) atoms. The summed E-state index contributed by atoms with van der Waals surface area (Å²) in [6, 6.07) is 18.1. The maximum Gasteiger partial charge on any atom is 0.248 e. The molecule has 4 rings (SSSR count). The second-order valence-corrected chi connectivity index (χ2v) is 7.64. The molecule has 2 heterocycles. The Kier molecular flexibility index (Phi) is 5.73. The highest BCUT2D eigenvalue weighted by Crippen LogP contribution is 2.32. The minimum absolute atomic E-state index is 0.388. The van der Waals surface area contributed by atoms with E-state index in [0.29, 0.717) is 17.3 Å². The van der Waals surface area contributed by atoms with Crippen LogP contribution in [0.1, 0.15) is 5.56 Å². The van der Waals surface area contributed by atoms with Crippen molar-refractivity contribution in [2.45, 2.75) is 6.54 Å². The number of anilines is 2. The first-order valence-corrected chi connectivity index (χ1v) is 10.0.